The van der Waals surface area contributed by atoms with Crippen LogP contribution in [0, 0.1) is 6.92 Å². The van der Waals surface area contributed by atoms with E-state index >= 15 is 0 Å². The second-order valence-electron chi connectivity index (χ2n) is 7.08. The van der Waals surface area contributed by atoms with E-state index in [1.165, 1.54) is 11.1 Å². The van der Waals surface area contributed by atoms with Crippen LogP contribution < -0.4 is 0 Å². The maximum absolute atomic E-state index is 13.0. The van der Waals surface area contributed by atoms with Gasteiger partial charge in [0.15, 0.2) is 0 Å². The highest BCUT2D eigenvalue weighted by atomic mass is 16.2. The lowest BCUT2D eigenvalue weighted by atomic mass is 10.1. The van der Waals surface area contributed by atoms with Crippen molar-refractivity contribution in [2.75, 3.05) is 26.2 Å². The fourth-order valence-corrected chi connectivity index (χ4v) is 3.62. The monoisotopic (exact) mass is 360 g/mol. The van der Waals surface area contributed by atoms with E-state index in [0.29, 0.717) is 5.56 Å². The van der Waals surface area contributed by atoms with E-state index in [4.69, 9.17) is 0 Å². The van der Waals surface area contributed by atoms with Gasteiger partial charge >= 0.3 is 0 Å². The molecule has 1 saturated heterocycles. The van der Waals surface area contributed by atoms with Gasteiger partial charge < -0.3 is 4.90 Å². The maximum Gasteiger partial charge on any atom is 0.257 e. The van der Waals surface area contributed by atoms with E-state index < -0.39 is 0 Å². The number of aromatic amines is 1. The summed E-state index contributed by atoms with van der Waals surface area (Å²) in [6, 6.07) is 18.5. The SMILES string of the molecule is Cc1cccc(CN2CCN(C(=O)c3cn[nH]c3-c3ccccc3)CC2)c1. The Labute approximate surface area is 159 Å². The normalized spacial score (nSPS) is 15.1. The summed E-state index contributed by atoms with van der Waals surface area (Å²) in [7, 11) is 0. The number of hydrogen-bond acceptors (Lipinski definition) is 3. The fraction of sp³-hybridized carbons (Fsp3) is 0.273. The number of rotatable bonds is 4. The largest absolute Gasteiger partial charge is 0.336 e. The predicted octanol–water partition coefficient (Wildman–Crippen LogP) is 3.34. The van der Waals surface area contributed by atoms with Crippen LogP contribution in [0.25, 0.3) is 11.3 Å². The highest BCUT2D eigenvalue weighted by molar-refractivity contribution is 5.99. The molecule has 4 rings (SSSR count). The van der Waals surface area contributed by atoms with Crippen molar-refractivity contribution in [2.45, 2.75) is 13.5 Å². The Hall–Kier alpha value is -2.92. The molecule has 5 nitrogen and oxygen atoms in total. The minimum atomic E-state index is 0.0535. The molecule has 0 unspecified atom stereocenters. The van der Waals surface area contributed by atoms with Crippen LogP contribution in [0.3, 0.4) is 0 Å². The fourth-order valence-electron chi connectivity index (χ4n) is 3.62. The first-order chi connectivity index (χ1) is 13.2. The minimum Gasteiger partial charge on any atom is -0.336 e. The standard InChI is InChI=1S/C22H24N4O/c1-17-6-5-7-18(14-17)16-25-10-12-26(13-11-25)22(27)20-15-23-24-21(20)19-8-3-2-4-9-19/h2-9,14-15H,10-13,16H2,1H3,(H,23,24). The van der Waals surface area contributed by atoms with Crippen LogP contribution in [0.2, 0.25) is 0 Å². The molecule has 1 aromatic heterocycles. The van der Waals surface area contributed by atoms with Crippen molar-refractivity contribution in [3.8, 4) is 11.3 Å². The summed E-state index contributed by atoms with van der Waals surface area (Å²) in [5, 5.41) is 7.09. The molecule has 0 aliphatic carbocycles. The number of carbonyl (C=O) groups is 1. The van der Waals surface area contributed by atoms with Gasteiger partial charge in [-0.1, -0.05) is 60.2 Å². The average molecular weight is 360 g/mol. The molecule has 5 heteroatoms. The summed E-state index contributed by atoms with van der Waals surface area (Å²) in [4.78, 5) is 17.4. The molecule has 0 radical (unpaired) electrons. The molecule has 2 heterocycles. The zero-order valence-corrected chi connectivity index (χ0v) is 15.6. The van der Waals surface area contributed by atoms with Crippen LogP contribution in [0.15, 0.2) is 60.8 Å². The molecular weight excluding hydrogens is 336 g/mol. The molecule has 1 aliphatic rings. The van der Waals surface area contributed by atoms with Gasteiger partial charge in [-0.2, -0.15) is 5.10 Å². The van der Waals surface area contributed by atoms with Crippen molar-refractivity contribution in [3.05, 3.63) is 77.5 Å². The van der Waals surface area contributed by atoms with E-state index in [1.54, 1.807) is 6.20 Å². The zero-order chi connectivity index (χ0) is 18.6. The first kappa shape index (κ1) is 17.5. The van der Waals surface area contributed by atoms with Crippen molar-refractivity contribution < 1.29 is 4.79 Å². The topological polar surface area (TPSA) is 52.2 Å². The number of aryl methyl sites for hydroxylation is 1. The van der Waals surface area contributed by atoms with Gasteiger partial charge in [-0.05, 0) is 12.5 Å². The molecule has 138 valence electrons. The average Bonchev–Trinajstić information content (AvgIpc) is 3.19. The molecule has 0 bridgehead atoms. The Morgan fingerprint density at radius 1 is 1.04 bits per heavy atom. The van der Waals surface area contributed by atoms with Gasteiger partial charge in [0, 0.05) is 38.3 Å². The predicted molar refractivity (Wildman–Crippen MR) is 106 cm³/mol. The number of piperazine rings is 1. The first-order valence-corrected chi connectivity index (χ1v) is 9.36. The lowest BCUT2D eigenvalue weighted by Gasteiger charge is -2.34. The molecule has 1 aliphatic heterocycles. The van der Waals surface area contributed by atoms with Gasteiger partial charge in [-0.3, -0.25) is 14.8 Å². The van der Waals surface area contributed by atoms with Gasteiger partial charge in [0.05, 0.1) is 17.5 Å². The van der Waals surface area contributed by atoms with Gasteiger partial charge in [0.1, 0.15) is 0 Å². The zero-order valence-electron chi connectivity index (χ0n) is 15.6. The molecule has 0 atom stereocenters. The lowest BCUT2D eigenvalue weighted by molar-refractivity contribution is 0.0629. The maximum atomic E-state index is 13.0. The molecule has 0 saturated carbocycles. The smallest absolute Gasteiger partial charge is 0.257 e. The summed E-state index contributed by atoms with van der Waals surface area (Å²) in [5.41, 5.74) is 5.04. The van der Waals surface area contributed by atoms with Crippen molar-refractivity contribution in [3.63, 3.8) is 0 Å². The Morgan fingerprint density at radius 2 is 1.81 bits per heavy atom. The second kappa shape index (κ2) is 7.76. The van der Waals surface area contributed by atoms with Gasteiger partial charge in [0.2, 0.25) is 0 Å². The lowest BCUT2D eigenvalue weighted by Crippen LogP contribution is -2.48. The summed E-state index contributed by atoms with van der Waals surface area (Å²) >= 11 is 0. The molecular formula is C22H24N4O. The Morgan fingerprint density at radius 3 is 2.56 bits per heavy atom. The van der Waals surface area contributed by atoms with Crippen LogP contribution in [-0.2, 0) is 6.54 Å². The Balaban J connectivity index is 1.40. The van der Waals surface area contributed by atoms with Crippen molar-refractivity contribution in [2.24, 2.45) is 0 Å². The second-order valence-corrected chi connectivity index (χ2v) is 7.08. The van der Waals surface area contributed by atoms with Crippen LogP contribution in [-0.4, -0.2) is 52.1 Å². The van der Waals surface area contributed by atoms with Gasteiger partial charge in [-0.25, -0.2) is 0 Å². The number of H-pyrrole nitrogens is 1. The Bertz CT molecular complexity index is 911. The molecule has 27 heavy (non-hydrogen) atoms. The highest BCUT2D eigenvalue weighted by Crippen LogP contribution is 2.22. The summed E-state index contributed by atoms with van der Waals surface area (Å²) < 4.78 is 0. The van der Waals surface area contributed by atoms with E-state index in [0.717, 1.165) is 44.0 Å². The van der Waals surface area contributed by atoms with Crippen LogP contribution >= 0.6 is 0 Å². The van der Waals surface area contributed by atoms with Gasteiger partial charge in [-0.15, -0.1) is 0 Å². The minimum absolute atomic E-state index is 0.0535. The molecule has 0 spiro atoms. The summed E-state index contributed by atoms with van der Waals surface area (Å²) in [6.45, 7) is 6.31. The van der Waals surface area contributed by atoms with E-state index in [2.05, 4.69) is 46.3 Å². The van der Waals surface area contributed by atoms with Crippen molar-refractivity contribution in [1.29, 1.82) is 0 Å². The van der Waals surface area contributed by atoms with E-state index in [1.807, 2.05) is 35.2 Å². The number of carbonyl (C=O) groups excluding carboxylic acids is 1. The first-order valence-electron chi connectivity index (χ1n) is 9.36. The number of amides is 1. The molecule has 2 aromatic carbocycles. The summed E-state index contributed by atoms with van der Waals surface area (Å²) in [6.07, 6.45) is 1.64. The quantitative estimate of drug-likeness (QED) is 0.776. The van der Waals surface area contributed by atoms with E-state index in [9.17, 15) is 4.79 Å². The third kappa shape index (κ3) is 3.93. The van der Waals surface area contributed by atoms with Crippen LogP contribution in [0.1, 0.15) is 21.5 Å². The molecule has 1 amide bonds. The number of nitrogens with one attached hydrogen (secondary N) is 1. The van der Waals surface area contributed by atoms with Gasteiger partial charge in [0.25, 0.3) is 5.91 Å². The van der Waals surface area contributed by atoms with Crippen LogP contribution in [0.5, 0.6) is 0 Å². The van der Waals surface area contributed by atoms with Crippen molar-refractivity contribution in [1.82, 2.24) is 20.0 Å². The van der Waals surface area contributed by atoms with Crippen LogP contribution in [0.4, 0.5) is 0 Å². The van der Waals surface area contributed by atoms with E-state index in [-0.39, 0.29) is 5.91 Å². The molecule has 3 aromatic rings. The number of aromatic nitrogens is 2. The third-order valence-corrected chi connectivity index (χ3v) is 5.08. The van der Waals surface area contributed by atoms with Crippen molar-refractivity contribution >= 4 is 5.91 Å². The Kier molecular flexibility index (Phi) is 5.03. The highest BCUT2D eigenvalue weighted by Gasteiger charge is 2.25. The molecule has 1 N–H and O–H groups in total. The summed E-state index contributed by atoms with van der Waals surface area (Å²) in [5.74, 6) is 0.0535. The number of hydrogen-bond donors (Lipinski definition) is 1. The third-order valence-electron chi connectivity index (χ3n) is 5.08. The molecule has 1 fully saturated rings. The number of benzene rings is 2. The number of nitrogens with zero attached hydrogens (tertiary/aromatic N) is 3.